The van der Waals surface area contributed by atoms with Gasteiger partial charge in [-0.2, -0.15) is 4.98 Å². The van der Waals surface area contributed by atoms with Crippen molar-refractivity contribution in [1.82, 2.24) is 19.8 Å². The van der Waals surface area contributed by atoms with Crippen LogP contribution in [0.4, 0.5) is 17.5 Å². The molecule has 2 aliphatic rings. The summed E-state index contributed by atoms with van der Waals surface area (Å²) in [6.07, 6.45) is 5.32. The van der Waals surface area contributed by atoms with Crippen molar-refractivity contribution in [3.63, 3.8) is 0 Å². The van der Waals surface area contributed by atoms with Crippen LogP contribution in [-0.4, -0.2) is 86.2 Å². The predicted octanol–water partition coefficient (Wildman–Crippen LogP) is 2.62. The fourth-order valence-corrected chi connectivity index (χ4v) is 4.25. The second kappa shape index (κ2) is 10.7. The van der Waals surface area contributed by atoms with E-state index in [-0.39, 0.29) is 11.8 Å². The highest BCUT2D eigenvalue weighted by atomic mass is 16.5. The number of nitrogens with zero attached hydrogens (tertiary/aromatic N) is 5. The van der Waals surface area contributed by atoms with Gasteiger partial charge in [-0.05, 0) is 50.6 Å². The van der Waals surface area contributed by atoms with E-state index in [4.69, 9.17) is 9.47 Å². The highest BCUT2D eigenvalue weighted by molar-refractivity contribution is 5.81. The molecule has 2 saturated heterocycles. The molecule has 1 aromatic carbocycles. The number of methoxy groups -OCH3 is 1. The molecule has 0 saturated carbocycles. The van der Waals surface area contributed by atoms with Gasteiger partial charge in [-0.25, -0.2) is 4.98 Å². The number of carbonyl (C=O) groups is 1. The Morgan fingerprint density at radius 2 is 1.97 bits per heavy atom. The average Bonchev–Trinajstić information content (AvgIpc) is 3.30. The Labute approximate surface area is 195 Å². The maximum absolute atomic E-state index is 12.1. The Bertz CT molecular complexity index is 942. The summed E-state index contributed by atoms with van der Waals surface area (Å²) in [5.74, 6) is 2.90. The van der Waals surface area contributed by atoms with Crippen LogP contribution < -0.4 is 19.7 Å². The normalized spacial score (nSPS) is 16.4. The molecule has 1 aromatic heterocycles. The van der Waals surface area contributed by atoms with Crippen LogP contribution >= 0.6 is 0 Å². The van der Waals surface area contributed by atoms with Crippen molar-refractivity contribution < 1.29 is 14.3 Å². The van der Waals surface area contributed by atoms with E-state index in [0.29, 0.717) is 37.1 Å². The molecule has 9 heteroatoms. The quantitative estimate of drug-likeness (QED) is 0.549. The number of likely N-dealkylation sites (tertiary alicyclic amines) is 1. The lowest BCUT2D eigenvalue weighted by molar-refractivity contribution is -0.133. The first-order valence-electron chi connectivity index (χ1n) is 11.6. The summed E-state index contributed by atoms with van der Waals surface area (Å²) < 4.78 is 11.5. The third-order valence-electron chi connectivity index (χ3n) is 6.13. The second-order valence-corrected chi connectivity index (χ2v) is 8.81. The van der Waals surface area contributed by atoms with Crippen LogP contribution in [0.2, 0.25) is 0 Å². The maximum Gasteiger partial charge on any atom is 0.229 e. The summed E-state index contributed by atoms with van der Waals surface area (Å²) in [5.41, 5.74) is 0.826. The molecule has 0 bridgehead atoms. The number of ether oxygens (including phenoxy) is 2. The minimum absolute atomic E-state index is 0.0261. The maximum atomic E-state index is 12.1. The van der Waals surface area contributed by atoms with Gasteiger partial charge in [-0.15, -0.1) is 0 Å². The molecule has 0 spiro atoms. The van der Waals surface area contributed by atoms with Gasteiger partial charge < -0.3 is 29.5 Å². The molecular formula is C24H34N6O3. The third kappa shape index (κ3) is 5.84. The van der Waals surface area contributed by atoms with E-state index in [1.165, 1.54) is 25.9 Å². The Hall–Kier alpha value is -3.07. The number of rotatable bonds is 10. The molecule has 0 aliphatic carbocycles. The molecule has 4 rings (SSSR count). The third-order valence-corrected chi connectivity index (χ3v) is 6.13. The zero-order chi connectivity index (χ0) is 23.2. The molecule has 0 atom stereocenters. The zero-order valence-corrected chi connectivity index (χ0v) is 19.8. The van der Waals surface area contributed by atoms with Gasteiger partial charge in [0.2, 0.25) is 11.9 Å². The molecular weight excluding hydrogens is 420 g/mol. The molecule has 0 radical (unpaired) electrons. The lowest BCUT2D eigenvalue weighted by Gasteiger charge is -2.40. The van der Waals surface area contributed by atoms with Crippen LogP contribution in [0.3, 0.4) is 0 Å². The molecule has 178 valence electrons. The molecule has 0 unspecified atom stereocenters. The van der Waals surface area contributed by atoms with Crippen LogP contribution in [0.25, 0.3) is 0 Å². The number of hydrogen-bond donors (Lipinski definition) is 1. The van der Waals surface area contributed by atoms with Crippen molar-refractivity contribution in [1.29, 1.82) is 0 Å². The van der Waals surface area contributed by atoms with Crippen molar-refractivity contribution in [2.45, 2.75) is 19.3 Å². The van der Waals surface area contributed by atoms with Crippen LogP contribution in [0.1, 0.15) is 19.3 Å². The Kier molecular flexibility index (Phi) is 7.49. The highest BCUT2D eigenvalue weighted by Crippen LogP contribution is 2.32. The van der Waals surface area contributed by atoms with Crippen LogP contribution in [-0.2, 0) is 4.79 Å². The van der Waals surface area contributed by atoms with Crippen molar-refractivity contribution in [3.8, 4) is 11.5 Å². The van der Waals surface area contributed by atoms with E-state index in [9.17, 15) is 4.79 Å². The van der Waals surface area contributed by atoms with E-state index in [2.05, 4.69) is 25.1 Å². The number of carbonyl (C=O) groups excluding carboxylic acids is 1. The molecule has 2 aliphatic heterocycles. The SMILES string of the molecule is COc1ccc(Nc2nccc(N3CC(C(=O)N(C)C)C3)n2)cc1OCCCN1CCCC1. The zero-order valence-electron chi connectivity index (χ0n) is 19.8. The van der Waals surface area contributed by atoms with E-state index in [1.807, 2.05) is 24.3 Å². The minimum Gasteiger partial charge on any atom is -0.493 e. The van der Waals surface area contributed by atoms with E-state index >= 15 is 0 Å². The van der Waals surface area contributed by atoms with Gasteiger partial charge in [0.05, 0.1) is 19.6 Å². The molecule has 1 N–H and O–H groups in total. The van der Waals surface area contributed by atoms with Gasteiger partial charge in [-0.3, -0.25) is 4.79 Å². The molecule has 2 fully saturated rings. The van der Waals surface area contributed by atoms with Gasteiger partial charge >= 0.3 is 0 Å². The first-order chi connectivity index (χ1) is 16.0. The van der Waals surface area contributed by atoms with Crippen molar-refractivity contribution in [2.24, 2.45) is 5.92 Å². The van der Waals surface area contributed by atoms with Crippen molar-refractivity contribution in [2.75, 3.05) is 70.8 Å². The Balaban J connectivity index is 1.34. The summed E-state index contributed by atoms with van der Waals surface area (Å²) in [5, 5.41) is 3.26. The summed E-state index contributed by atoms with van der Waals surface area (Å²) in [6, 6.07) is 7.58. The van der Waals surface area contributed by atoms with Gasteiger partial charge in [-0.1, -0.05) is 0 Å². The number of hydrogen-bond acceptors (Lipinski definition) is 8. The summed E-state index contributed by atoms with van der Waals surface area (Å²) in [7, 11) is 5.23. The topological polar surface area (TPSA) is 83.1 Å². The summed E-state index contributed by atoms with van der Waals surface area (Å²) >= 11 is 0. The standard InChI is InChI=1S/C24H34N6O3/c1-28(2)23(31)18-16-30(17-18)22-9-10-25-24(27-22)26-19-7-8-20(32-3)21(15-19)33-14-6-13-29-11-4-5-12-29/h7-10,15,18H,4-6,11-14,16-17H2,1-3H3,(H,25,26,27). The highest BCUT2D eigenvalue weighted by Gasteiger charge is 2.34. The van der Waals surface area contributed by atoms with Crippen molar-refractivity contribution in [3.05, 3.63) is 30.5 Å². The predicted molar refractivity (Wildman–Crippen MR) is 128 cm³/mol. The van der Waals surface area contributed by atoms with Crippen LogP contribution in [0, 0.1) is 5.92 Å². The molecule has 1 amide bonds. The van der Waals surface area contributed by atoms with E-state index in [1.54, 1.807) is 32.3 Å². The molecule has 3 heterocycles. The second-order valence-electron chi connectivity index (χ2n) is 8.81. The Morgan fingerprint density at radius 1 is 1.18 bits per heavy atom. The lowest BCUT2D eigenvalue weighted by atomic mass is 9.99. The molecule has 2 aromatic rings. The van der Waals surface area contributed by atoms with Crippen LogP contribution in [0.15, 0.2) is 30.5 Å². The monoisotopic (exact) mass is 454 g/mol. The smallest absolute Gasteiger partial charge is 0.229 e. The average molecular weight is 455 g/mol. The number of benzene rings is 1. The lowest BCUT2D eigenvalue weighted by Crippen LogP contribution is -2.53. The first kappa shape index (κ1) is 23.1. The minimum atomic E-state index is 0.0261. The summed E-state index contributed by atoms with van der Waals surface area (Å²) in [6.45, 7) is 5.46. The first-order valence-corrected chi connectivity index (χ1v) is 11.6. The number of aromatic nitrogens is 2. The van der Waals surface area contributed by atoms with E-state index in [0.717, 1.165) is 24.5 Å². The number of nitrogens with one attached hydrogen (secondary N) is 1. The van der Waals surface area contributed by atoms with Crippen molar-refractivity contribution >= 4 is 23.4 Å². The van der Waals surface area contributed by atoms with Gasteiger partial charge in [0.1, 0.15) is 5.82 Å². The van der Waals surface area contributed by atoms with Gasteiger partial charge in [0.15, 0.2) is 11.5 Å². The van der Waals surface area contributed by atoms with Gasteiger partial charge in [0, 0.05) is 51.7 Å². The van der Waals surface area contributed by atoms with E-state index < -0.39 is 0 Å². The number of anilines is 3. The fraction of sp³-hybridized carbons (Fsp3) is 0.542. The van der Waals surface area contributed by atoms with Gasteiger partial charge in [0.25, 0.3) is 0 Å². The fourth-order valence-electron chi connectivity index (χ4n) is 4.25. The van der Waals surface area contributed by atoms with Crippen LogP contribution in [0.5, 0.6) is 11.5 Å². The molecule has 9 nitrogen and oxygen atoms in total. The Morgan fingerprint density at radius 3 is 2.70 bits per heavy atom. The largest absolute Gasteiger partial charge is 0.493 e. The summed E-state index contributed by atoms with van der Waals surface area (Å²) in [4.78, 5) is 27.3. The molecule has 33 heavy (non-hydrogen) atoms. The number of amides is 1.